The van der Waals surface area contributed by atoms with Gasteiger partial charge in [0, 0.05) is 12.7 Å². The lowest BCUT2D eigenvalue weighted by atomic mass is 10.2. The van der Waals surface area contributed by atoms with Crippen molar-refractivity contribution >= 4 is 17.7 Å². The molecule has 16 heavy (non-hydrogen) atoms. The van der Waals surface area contributed by atoms with Gasteiger partial charge in [0.1, 0.15) is 0 Å². The largest absolute Gasteiger partial charge is 0.480 e. The van der Waals surface area contributed by atoms with E-state index in [1.807, 2.05) is 6.07 Å². The number of carbonyl (C=O) groups excluding carboxylic acids is 1. The van der Waals surface area contributed by atoms with Gasteiger partial charge in [-0.15, -0.1) is 0 Å². The molecule has 2 amide bonds. The molecule has 1 aromatic carbocycles. The van der Waals surface area contributed by atoms with Crippen molar-refractivity contribution in [2.45, 2.75) is 6.04 Å². The Morgan fingerprint density at radius 3 is 2.56 bits per heavy atom. The highest BCUT2D eigenvalue weighted by atomic mass is 16.4. The average molecular weight is 220 g/mol. The van der Waals surface area contributed by atoms with Gasteiger partial charge in [0.05, 0.1) is 6.54 Å². The second-order valence-electron chi connectivity index (χ2n) is 3.72. The summed E-state index contributed by atoms with van der Waals surface area (Å²) in [4.78, 5) is 25.6. The van der Waals surface area contributed by atoms with Gasteiger partial charge in [-0.05, 0) is 12.1 Å². The standard InChI is InChI=1S/C11H12N2O3/c1-12-7-9(10(14)15)13(11(12)16)8-5-3-2-4-6-8/h2-6,9H,7H2,1H3,(H,14,15). The third-order valence-corrected chi connectivity index (χ3v) is 2.61. The minimum Gasteiger partial charge on any atom is -0.480 e. The summed E-state index contributed by atoms with van der Waals surface area (Å²) in [5.74, 6) is -0.985. The zero-order chi connectivity index (χ0) is 11.7. The Balaban J connectivity index is 2.37. The number of carboxylic acids is 1. The van der Waals surface area contributed by atoms with Gasteiger partial charge in [-0.25, -0.2) is 9.59 Å². The van der Waals surface area contributed by atoms with E-state index in [1.165, 1.54) is 9.80 Å². The van der Waals surface area contributed by atoms with Crippen LogP contribution in [0.1, 0.15) is 0 Å². The Morgan fingerprint density at radius 1 is 1.38 bits per heavy atom. The molecule has 1 heterocycles. The molecule has 5 heteroatoms. The molecule has 1 aliphatic rings. The second kappa shape index (κ2) is 3.84. The minimum atomic E-state index is -0.985. The number of benzene rings is 1. The van der Waals surface area contributed by atoms with Crippen LogP contribution in [0.4, 0.5) is 10.5 Å². The van der Waals surface area contributed by atoms with Gasteiger partial charge >= 0.3 is 12.0 Å². The number of likely N-dealkylation sites (N-methyl/N-ethyl adjacent to an activating group) is 1. The number of hydrogen-bond acceptors (Lipinski definition) is 2. The van der Waals surface area contributed by atoms with Crippen LogP contribution in [0.5, 0.6) is 0 Å². The number of aliphatic carboxylic acids is 1. The predicted molar refractivity (Wildman–Crippen MR) is 58.4 cm³/mol. The average Bonchev–Trinajstić information content (AvgIpc) is 2.57. The first-order valence-electron chi connectivity index (χ1n) is 4.93. The topological polar surface area (TPSA) is 60.9 Å². The third-order valence-electron chi connectivity index (χ3n) is 2.61. The monoisotopic (exact) mass is 220 g/mol. The van der Waals surface area contributed by atoms with Crippen molar-refractivity contribution in [3.63, 3.8) is 0 Å². The second-order valence-corrected chi connectivity index (χ2v) is 3.72. The van der Waals surface area contributed by atoms with Crippen LogP contribution in [0.15, 0.2) is 30.3 Å². The van der Waals surface area contributed by atoms with Crippen LogP contribution in [0.3, 0.4) is 0 Å². The van der Waals surface area contributed by atoms with Crippen molar-refractivity contribution in [1.82, 2.24) is 4.90 Å². The zero-order valence-electron chi connectivity index (χ0n) is 8.83. The number of carbonyl (C=O) groups is 2. The van der Waals surface area contributed by atoms with E-state index in [0.717, 1.165) is 0 Å². The first-order chi connectivity index (χ1) is 7.61. The van der Waals surface area contributed by atoms with Crippen molar-refractivity contribution in [2.24, 2.45) is 0 Å². The SMILES string of the molecule is CN1CC(C(=O)O)N(c2ccccc2)C1=O. The molecule has 0 aliphatic carbocycles. The summed E-state index contributed by atoms with van der Waals surface area (Å²) in [6.07, 6.45) is 0. The lowest BCUT2D eigenvalue weighted by Gasteiger charge is -2.19. The summed E-state index contributed by atoms with van der Waals surface area (Å²) in [7, 11) is 1.60. The third kappa shape index (κ3) is 1.60. The molecule has 1 fully saturated rings. The van der Waals surface area contributed by atoms with E-state index in [2.05, 4.69) is 0 Å². The van der Waals surface area contributed by atoms with Crippen molar-refractivity contribution in [3.8, 4) is 0 Å². The van der Waals surface area contributed by atoms with Crippen LogP contribution < -0.4 is 4.90 Å². The molecule has 1 aliphatic heterocycles. The maximum atomic E-state index is 11.8. The van der Waals surface area contributed by atoms with Gasteiger partial charge < -0.3 is 10.0 Å². The normalized spacial score (nSPS) is 20.3. The molecule has 1 N–H and O–H groups in total. The van der Waals surface area contributed by atoms with Crippen LogP contribution in [0, 0.1) is 0 Å². The summed E-state index contributed by atoms with van der Waals surface area (Å²) in [5.41, 5.74) is 0.615. The highest BCUT2D eigenvalue weighted by Gasteiger charge is 2.40. The molecule has 0 bridgehead atoms. The van der Waals surface area contributed by atoms with E-state index in [4.69, 9.17) is 5.11 Å². The smallest absolute Gasteiger partial charge is 0.328 e. The quantitative estimate of drug-likeness (QED) is 0.809. The molecular formula is C11H12N2O3. The lowest BCUT2D eigenvalue weighted by Crippen LogP contribution is -2.39. The fourth-order valence-corrected chi connectivity index (χ4v) is 1.80. The van der Waals surface area contributed by atoms with E-state index < -0.39 is 12.0 Å². The van der Waals surface area contributed by atoms with Crippen molar-refractivity contribution in [3.05, 3.63) is 30.3 Å². The summed E-state index contributed by atoms with van der Waals surface area (Å²) in [6, 6.07) is 7.75. The number of para-hydroxylation sites is 1. The van der Waals surface area contributed by atoms with Crippen LogP contribution in [-0.2, 0) is 4.79 Å². The van der Waals surface area contributed by atoms with Gasteiger partial charge in [0.25, 0.3) is 0 Å². The Morgan fingerprint density at radius 2 is 2.00 bits per heavy atom. The fourth-order valence-electron chi connectivity index (χ4n) is 1.80. The maximum Gasteiger partial charge on any atom is 0.328 e. The van der Waals surface area contributed by atoms with Gasteiger partial charge in [-0.1, -0.05) is 18.2 Å². The summed E-state index contributed by atoms with van der Waals surface area (Å²) in [6.45, 7) is 0.211. The highest BCUT2D eigenvalue weighted by molar-refractivity contribution is 6.01. The van der Waals surface area contributed by atoms with E-state index in [9.17, 15) is 9.59 Å². The molecule has 1 saturated heterocycles. The summed E-state index contributed by atoms with van der Waals surface area (Å²) < 4.78 is 0. The van der Waals surface area contributed by atoms with E-state index in [-0.39, 0.29) is 12.6 Å². The van der Waals surface area contributed by atoms with E-state index in [0.29, 0.717) is 5.69 Å². The summed E-state index contributed by atoms with van der Waals surface area (Å²) >= 11 is 0. The molecule has 5 nitrogen and oxygen atoms in total. The van der Waals surface area contributed by atoms with Crippen LogP contribution in [0.25, 0.3) is 0 Å². The molecule has 1 aromatic rings. The number of rotatable bonds is 2. The Kier molecular flexibility index (Phi) is 2.52. The minimum absolute atomic E-state index is 0.211. The van der Waals surface area contributed by atoms with Crippen LogP contribution >= 0.6 is 0 Å². The Bertz CT molecular complexity index is 418. The molecule has 0 saturated carbocycles. The Hall–Kier alpha value is -2.04. The molecule has 0 aromatic heterocycles. The zero-order valence-corrected chi connectivity index (χ0v) is 8.83. The Labute approximate surface area is 92.9 Å². The number of hydrogen-bond donors (Lipinski definition) is 1. The van der Waals surface area contributed by atoms with Crippen molar-refractivity contribution in [1.29, 1.82) is 0 Å². The fraction of sp³-hybridized carbons (Fsp3) is 0.273. The lowest BCUT2D eigenvalue weighted by molar-refractivity contribution is -0.138. The first-order valence-corrected chi connectivity index (χ1v) is 4.93. The summed E-state index contributed by atoms with van der Waals surface area (Å²) in [5, 5.41) is 9.06. The predicted octanol–water partition coefficient (Wildman–Crippen LogP) is 1.01. The molecule has 1 atom stereocenters. The molecule has 0 spiro atoms. The van der Waals surface area contributed by atoms with Crippen LogP contribution in [0.2, 0.25) is 0 Å². The number of urea groups is 1. The molecular weight excluding hydrogens is 208 g/mol. The van der Waals surface area contributed by atoms with Crippen LogP contribution in [-0.4, -0.2) is 41.6 Å². The highest BCUT2D eigenvalue weighted by Crippen LogP contribution is 2.23. The number of amides is 2. The van der Waals surface area contributed by atoms with E-state index >= 15 is 0 Å². The number of carboxylic acid groups (broad SMARTS) is 1. The number of anilines is 1. The van der Waals surface area contributed by atoms with Crippen molar-refractivity contribution in [2.75, 3.05) is 18.5 Å². The maximum absolute atomic E-state index is 11.8. The first kappa shape index (κ1) is 10.5. The van der Waals surface area contributed by atoms with Gasteiger partial charge in [0.15, 0.2) is 6.04 Å². The molecule has 0 radical (unpaired) electrons. The van der Waals surface area contributed by atoms with Gasteiger partial charge in [0.2, 0.25) is 0 Å². The molecule has 1 unspecified atom stereocenters. The molecule has 2 rings (SSSR count). The number of nitrogens with zero attached hydrogens (tertiary/aromatic N) is 2. The van der Waals surface area contributed by atoms with Crippen molar-refractivity contribution < 1.29 is 14.7 Å². The van der Waals surface area contributed by atoms with Gasteiger partial charge in [-0.2, -0.15) is 0 Å². The molecule has 84 valence electrons. The van der Waals surface area contributed by atoms with Gasteiger partial charge in [-0.3, -0.25) is 4.90 Å². The van der Waals surface area contributed by atoms with E-state index in [1.54, 1.807) is 31.3 Å².